The molecule has 2 atom stereocenters. The van der Waals surface area contributed by atoms with Gasteiger partial charge in [-0.3, -0.25) is 4.79 Å². The van der Waals surface area contributed by atoms with Crippen LogP contribution in [-0.4, -0.2) is 18.2 Å². The lowest BCUT2D eigenvalue weighted by Gasteiger charge is -2.34. The average Bonchev–Trinajstić information content (AvgIpc) is 2.28. The molecule has 0 saturated carbocycles. The summed E-state index contributed by atoms with van der Waals surface area (Å²) in [6.07, 6.45) is 0. The van der Waals surface area contributed by atoms with Crippen molar-refractivity contribution in [2.75, 3.05) is 7.11 Å². The minimum absolute atomic E-state index is 0.0282. The minimum Gasteiger partial charge on any atom is -0.469 e. The van der Waals surface area contributed by atoms with Crippen LogP contribution in [0.1, 0.15) is 26.3 Å². The Labute approximate surface area is 116 Å². The molecule has 1 rings (SSSR count). The largest absolute Gasteiger partial charge is 0.469 e. The lowest BCUT2D eigenvalue weighted by molar-refractivity contribution is -0.159. The van der Waals surface area contributed by atoms with E-state index >= 15 is 0 Å². The maximum absolute atomic E-state index is 11.9. The van der Waals surface area contributed by atoms with Gasteiger partial charge in [0.2, 0.25) is 0 Å². The number of aliphatic hydroxyl groups is 1. The third-order valence-electron chi connectivity index (χ3n) is 3.15. The summed E-state index contributed by atoms with van der Waals surface area (Å²) in [5.74, 6) is -1.04. The number of esters is 1. The van der Waals surface area contributed by atoms with Gasteiger partial charge in [0, 0.05) is 4.47 Å². The molecule has 0 spiro atoms. The van der Waals surface area contributed by atoms with Crippen LogP contribution < -0.4 is 0 Å². The number of hydrogen-bond acceptors (Lipinski definition) is 3. The Hall–Kier alpha value is -0.870. The quantitative estimate of drug-likeness (QED) is 0.869. The fourth-order valence-corrected chi connectivity index (χ4v) is 3.00. The van der Waals surface area contributed by atoms with Crippen LogP contribution in [0.2, 0.25) is 0 Å². The van der Waals surface area contributed by atoms with Gasteiger partial charge in [0.15, 0.2) is 0 Å². The number of rotatable bonds is 4. The molecule has 0 aliphatic heterocycles. The molecule has 0 heterocycles. The van der Waals surface area contributed by atoms with Gasteiger partial charge in [-0.1, -0.05) is 48.0 Å². The van der Waals surface area contributed by atoms with E-state index in [1.165, 1.54) is 7.11 Å². The average molecular weight is 315 g/mol. The Morgan fingerprint density at radius 3 is 2.39 bits per heavy atom. The van der Waals surface area contributed by atoms with E-state index in [4.69, 9.17) is 4.74 Å². The zero-order valence-corrected chi connectivity index (χ0v) is 12.7. The molecule has 0 amide bonds. The van der Waals surface area contributed by atoms with Gasteiger partial charge >= 0.3 is 5.97 Å². The SMILES string of the molecule is COC(=O)C(C(C)C)C(C)(O)c1ccccc1Br. The van der Waals surface area contributed by atoms with Crippen LogP contribution in [0.4, 0.5) is 0 Å². The third kappa shape index (κ3) is 2.93. The normalized spacial score (nSPS) is 16.2. The fraction of sp³-hybridized carbons (Fsp3) is 0.500. The van der Waals surface area contributed by atoms with Gasteiger partial charge in [0.1, 0.15) is 5.60 Å². The van der Waals surface area contributed by atoms with Crippen LogP contribution in [0.15, 0.2) is 28.7 Å². The van der Waals surface area contributed by atoms with Crippen molar-refractivity contribution < 1.29 is 14.6 Å². The van der Waals surface area contributed by atoms with E-state index in [9.17, 15) is 9.90 Å². The van der Waals surface area contributed by atoms with E-state index in [0.29, 0.717) is 5.56 Å². The summed E-state index contributed by atoms with van der Waals surface area (Å²) in [6.45, 7) is 5.44. The second-order valence-electron chi connectivity index (χ2n) is 4.87. The van der Waals surface area contributed by atoms with E-state index in [1.54, 1.807) is 6.92 Å². The molecule has 0 saturated heterocycles. The molecule has 2 unspecified atom stereocenters. The molecular formula is C14H19BrO3. The molecule has 0 bridgehead atoms. The molecule has 3 nitrogen and oxygen atoms in total. The van der Waals surface area contributed by atoms with Crippen LogP contribution in [-0.2, 0) is 15.1 Å². The van der Waals surface area contributed by atoms with Crippen molar-refractivity contribution >= 4 is 21.9 Å². The van der Waals surface area contributed by atoms with Crippen molar-refractivity contribution in [3.63, 3.8) is 0 Å². The van der Waals surface area contributed by atoms with Gasteiger partial charge in [-0.05, 0) is 24.5 Å². The van der Waals surface area contributed by atoms with Crippen LogP contribution in [0.3, 0.4) is 0 Å². The maximum atomic E-state index is 11.9. The zero-order valence-electron chi connectivity index (χ0n) is 11.1. The molecule has 4 heteroatoms. The van der Waals surface area contributed by atoms with E-state index in [2.05, 4.69) is 15.9 Å². The minimum atomic E-state index is -1.28. The van der Waals surface area contributed by atoms with Gasteiger partial charge in [0.05, 0.1) is 13.0 Å². The number of methoxy groups -OCH3 is 1. The van der Waals surface area contributed by atoms with Crippen molar-refractivity contribution in [1.29, 1.82) is 0 Å². The Balaban J connectivity index is 3.25. The highest BCUT2D eigenvalue weighted by Crippen LogP contribution is 2.38. The predicted molar refractivity (Wildman–Crippen MR) is 74.1 cm³/mol. The number of benzene rings is 1. The van der Waals surface area contributed by atoms with Gasteiger partial charge in [-0.15, -0.1) is 0 Å². The van der Waals surface area contributed by atoms with E-state index in [-0.39, 0.29) is 5.92 Å². The zero-order chi connectivity index (χ0) is 13.9. The standard InChI is InChI=1S/C14H19BrO3/c1-9(2)12(13(16)18-4)14(3,17)10-7-5-6-8-11(10)15/h5-9,12,17H,1-4H3. The first-order valence-corrected chi connectivity index (χ1v) is 6.66. The van der Waals surface area contributed by atoms with E-state index in [1.807, 2.05) is 38.1 Å². The fourth-order valence-electron chi connectivity index (χ4n) is 2.32. The summed E-state index contributed by atoms with van der Waals surface area (Å²) < 4.78 is 5.59. The number of carbonyl (C=O) groups excluding carboxylic acids is 1. The predicted octanol–water partition coefficient (Wildman–Crippen LogP) is 3.10. The number of ether oxygens (including phenoxy) is 1. The second-order valence-corrected chi connectivity index (χ2v) is 5.73. The maximum Gasteiger partial charge on any atom is 0.312 e. The van der Waals surface area contributed by atoms with Crippen LogP contribution >= 0.6 is 15.9 Å². The van der Waals surface area contributed by atoms with Crippen molar-refractivity contribution in [2.45, 2.75) is 26.4 Å². The molecule has 1 N–H and O–H groups in total. The first kappa shape index (κ1) is 15.2. The van der Waals surface area contributed by atoms with Gasteiger partial charge in [-0.2, -0.15) is 0 Å². The first-order chi connectivity index (χ1) is 8.32. The number of hydrogen-bond donors (Lipinski definition) is 1. The Morgan fingerprint density at radius 2 is 1.94 bits per heavy atom. The van der Waals surface area contributed by atoms with Gasteiger partial charge < -0.3 is 9.84 Å². The topological polar surface area (TPSA) is 46.5 Å². The molecule has 0 radical (unpaired) electrons. The van der Waals surface area contributed by atoms with E-state index in [0.717, 1.165) is 4.47 Å². The molecule has 0 aromatic heterocycles. The van der Waals surface area contributed by atoms with Crippen molar-refractivity contribution in [1.82, 2.24) is 0 Å². The molecule has 0 fully saturated rings. The summed E-state index contributed by atoms with van der Waals surface area (Å²) in [4.78, 5) is 11.9. The van der Waals surface area contributed by atoms with E-state index < -0.39 is 17.5 Å². The summed E-state index contributed by atoms with van der Waals surface area (Å²) in [5, 5.41) is 10.8. The monoisotopic (exact) mass is 314 g/mol. The number of carbonyl (C=O) groups is 1. The molecule has 0 aliphatic carbocycles. The summed E-state index contributed by atoms with van der Waals surface area (Å²) in [7, 11) is 1.34. The summed E-state index contributed by atoms with van der Waals surface area (Å²) >= 11 is 3.41. The van der Waals surface area contributed by atoms with Crippen LogP contribution in [0.5, 0.6) is 0 Å². The molecule has 1 aromatic rings. The first-order valence-electron chi connectivity index (χ1n) is 5.87. The highest BCUT2D eigenvalue weighted by Gasteiger charge is 2.42. The Kier molecular flexibility index (Phi) is 4.93. The molecular weight excluding hydrogens is 296 g/mol. The lowest BCUT2D eigenvalue weighted by atomic mass is 9.76. The Morgan fingerprint density at radius 1 is 1.39 bits per heavy atom. The van der Waals surface area contributed by atoms with Crippen molar-refractivity contribution in [3.8, 4) is 0 Å². The van der Waals surface area contributed by atoms with Crippen LogP contribution in [0, 0.1) is 11.8 Å². The molecule has 1 aromatic carbocycles. The molecule has 18 heavy (non-hydrogen) atoms. The van der Waals surface area contributed by atoms with Gasteiger partial charge in [-0.25, -0.2) is 0 Å². The Bertz CT molecular complexity index is 427. The van der Waals surface area contributed by atoms with Crippen molar-refractivity contribution in [2.24, 2.45) is 11.8 Å². The summed E-state index contributed by atoms with van der Waals surface area (Å²) in [5.41, 5.74) is -0.587. The number of halogens is 1. The van der Waals surface area contributed by atoms with Crippen molar-refractivity contribution in [3.05, 3.63) is 34.3 Å². The molecule has 0 aliphatic rings. The highest BCUT2D eigenvalue weighted by atomic mass is 79.9. The smallest absolute Gasteiger partial charge is 0.312 e. The lowest BCUT2D eigenvalue weighted by Crippen LogP contribution is -2.41. The third-order valence-corrected chi connectivity index (χ3v) is 3.84. The molecule has 100 valence electrons. The van der Waals surface area contributed by atoms with Gasteiger partial charge in [0.25, 0.3) is 0 Å². The second kappa shape index (κ2) is 5.85. The summed E-state index contributed by atoms with van der Waals surface area (Å²) in [6, 6.07) is 7.36. The van der Waals surface area contributed by atoms with Crippen LogP contribution in [0.25, 0.3) is 0 Å². The highest BCUT2D eigenvalue weighted by molar-refractivity contribution is 9.10.